The molecular formula is C12H18N4O. The third-order valence-electron chi connectivity index (χ3n) is 2.74. The van der Waals surface area contributed by atoms with E-state index in [1.54, 1.807) is 12.5 Å². The Labute approximate surface area is 101 Å². The molecule has 0 saturated heterocycles. The van der Waals surface area contributed by atoms with Gasteiger partial charge in [0.2, 0.25) is 0 Å². The minimum atomic E-state index is -0.0401. The third kappa shape index (κ3) is 2.94. The lowest BCUT2D eigenvalue weighted by Crippen LogP contribution is -2.17. The molecule has 0 fully saturated rings. The smallest absolute Gasteiger partial charge is 0.103 e. The molecule has 0 aliphatic rings. The zero-order valence-corrected chi connectivity index (χ0v) is 10.0. The van der Waals surface area contributed by atoms with Crippen LogP contribution in [-0.4, -0.2) is 15.0 Å². The van der Waals surface area contributed by atoms with Gasteiger partial charge in [0.25, 0.3) is 0 Å². The van der Waals surface area contributed by atoms with E-state index in [4.69, 9.17) is 10.2 Å². The molecule has 2 N–H and O–H groups in total. The highest BCUT2D eigenvalue weighted by molar-refractivity contribution is 5.04. The maximum absolute atomic E-state index is 6.14. The van der Waals surface area contributed by atoms with E-state index in [0.29, 0.717) is 0 Å². The Morgan fingerprint density at radius 3 is 3.12 bits per heavy atom. The summed E-state index contributed by atoms with van der Waals surface area (Å²) in [6, 6.07) is 3.82. The van der Waals surface area contributed by atoms with Gasteiger partial charge >= 0.3 is 0 Å². The summed E-state index contributed by atoms with van der Waals surface area (Å²) in [5, 5.41) is 7.95. The molecule has 2 heterocycles. The Hall–Kier alpha value is -1.62. The standard InChI is InChI=1S/C12H18N4O/c1-2-7-16-12(9-14-15-16)11(13)6-5-10-4-3-8-17-10/h3-4,8-9,11H,2,5-7,13H2,1H3. The topological polar surface area (TPSA) is 69.9 Å². The normalized spacial score (nSPS) is 12.8. The van der Waals surface area contributed by atoms with Gasteiger partial charge < -0.3 is 10.2 Å². The number of nitrogens with two attached hydrogens (primary N) is 1. The van der Waals surface area contributed by atoms with Crippen molar-refractivity contribution in [2.24, 2.45) is 5.73 Å². The highest BCUT2D eigenvalue weighted by Gasteiger charge is 2.13. The third-order valence-corrected chi connectivity index (χ3v) is 2.74. The van der Waals surface area contributed by atoms with E-state index in [2.05, 4.69) is 17.2 Å². The van der Waals surface area contributed by atoms with Crippen molar-refractivity contribution in [2.45, 2.75) is 38.8 Å². The molecule has 0 spiro atoms. The summed E-state index contributed by atoms with van der Waals surface area (Å²) in [5.41, 5.74) is 7.14. The fraction of sp³-hybridized carbons (Fsp3) is 0.500. The van der Waals surface area contributed by atoms with Crippen LogP contribution in [0.4, 0.5) is 0 Å². The zero-order valence-electron chi connectivity index (χ0n) is 10.0. The van der Waals surface area contributed by atoms with Gasteiger partial charge in [0.05, 0.1) is 18.2 Å². The number of rotatable bonds is 6. The molecule has 0 aromatic carbocycles. The minimum Gasteiger partial charge on any atom is -0.469 e. The Morgan fingerprint density at radius 2 is 2.41 bits per heavy atom. The summed E-state index contributed by atoms with van der Waals surface area (Å²) in [6.07, 6.45) is 6.14. The van der Waals surface area contributed by atoms with E-state index in [-0.39, 0.29) is 6.04 Å². The molecule has 0 radical (unpaired) electrons. The lowest BCUT2D eigenvalue weighted by molar-refractivity contribution is 0.471. The zero-order chi connectivity index (χ0) is 12.1. The number of aryl methyl sites for hydroxylation is 2. The Morgan fingerprint density at radius 1 is 1.53 bits per heavy atom. The van der Waals surface area contributed by atoms with E-state index in [0.717, 1.165) is 37.3 Å². The molecule has 2 rings (SSSR count). The van der Waals surface area contributed by atoms with Gasteiger partial charge in [-0.25, -0.2) is 4.68 Å². The van der Waals surface area contributed by atoms with Gasteiger partial charge in [-0.05, 0) is 25.0 Å². The van der Waals surface area contributed by atoms with Crippen molar-refractivity contribution in [1.29, 1.82) is 0 Å². The van der Waals surface area contributed by atoms with Crippen molar-refractivity contribution in [3.8, 4) is 0 Å². The number of furan rings is 1. The summed E-state index contributed by atoms with van der Waals surface area (Å²) < 4.78 is 7.17. The van der Waals surface area contributed by atoms with Crippen LogP contribution in [0.5, 0.6) is 0 Å². The molecule has 0 saturated carbocycles. The molecule has 2 aromatic rings. The van der Waals surface area contributed by atoms with Crippen LogP contribution >= 0.6 is 0 Å². The molecule has 0 bridgehead atoms. The van der Waals surface area contributed by atoms with E-state index in [1.807, 2.05) is 16.8 Å². The highest BCUT2D eigenvalue weighted by Crippen LogP contribution is 2.16. The van der Waals surface area contributed by atoms with Gasteiger partial charge in [-0.15, -0.1) is 5.10 Å². The Kier molecular flexibility index (Phi) is 3.93. The molecule has 1 unspecified atom stereocenters. The fourth-order valence-corrected chi connectivity index (χ4v) is 1.84. The van der Waals surface area contributed by atoms with Crippen molar-refractivity contribution in [1.82, 2.24) is 15.0 Å². The number of hydrogen-bond donors (Lipinski definition) is 1. The summed E-state index contributed by atoms with van der Waals surface area (Å²) >= 11 is 0. The van der Waals surface area contributed by atoms with Crippen molar-refractivity contribution in [3.63, 3.8) is 0 Å². The molecule has 1 atom stereocenters. The van der Waals surface area contributed by atoms with Gasteiger partial charge in [-0.3, -0.25) is 0 Å². The number of nitrogens with zero attached hydrogens (tertiary/aromatic N) is 3. The predicted octanol–water partition coefficient (Wildman–Crippen LogP) is 1.91. The second-order valence-corrected chi connectivity index (χ2v) is 4.11. The van der Waals surface area contributed by atoms with E-state index in [9.17, 15) is 0 Å². The molecule has 0 aliphatic heterocycles. The maximum Gasteiger partial charge on any atom is 0.103 e. The van der Waals surface area contributed by atoms with Crippen LogP contribution in [0.25, 0.3) is 0 Å². The first-order valence-corrected chi connectivity index (χ1v) is 5.97. The first kappa shape index (κ1) is 11.9. The molecule has 5 nitrogen and oxygen atoms in total. The van der Waals surface area contributed by atoms with Gasteiger partial charge in [0, 0.05) is 19.0 Å². The molecule has 0 aliphatic carbocycles. The van der Waals surface area contributed by atoms with E-state index < -0.39 is 0 Å². The Bertz CT molecular complexity index is 435. The number of aromatic nitrogens is 3. The average Bonchev–Trinajstić information content (AvgIpc) is 2.97. The van der Waals surface area contributed by atoms with Crippen LogP contribution < -0.4 is 5.73 Å². The van der Waals surface area contributed by atoms with Gasteiger partial charge in [-0.1, -0.05) is 12.1 Å². The van der Waals surface area contributed by atoms with Crippen molar-refractivity contribution < 1.29 is 4.42 Å². The summed E-state index contributed by atoms with van der Waals surface area (Å²) in [7, 11) is 0. The first-order chi connectivity index (χ1) is 8.31. The van der Waals surface area contributed by atoms with Crippen LogP contribution in [0.15, 0.2) is 29.0 Å². The van der Waals surface area contributed by atoms with Crippen LogP contribution in [0.2, 0.25) is 0 Å². The second-order valence-electron chi connectivity index (χ2n) is 4.11. The Balaban J connectivity index is 1.94. The second kappa shape index (κ2) is 5.63. The molecule has 0 amide bonds. The summed E-state index contributed by atoms with van der Waals surface area (Å²) in [5.74, 6) is 0.968. The van der Waals surface area contributed by atoms with Crippen LogP contribution in [0, 0.1) is 0 Å². The lowest BCUT2D eigenvalue weighted by Gasteiger charge is -2.11. The van der Waals surface area contributed by atoms with Gasteiger partial charge in [-0.2, -0.15) is 0 Å². The molecule has 5 heteroatoms. The largest absolute Gasteiger partial charge is 0.469 e. The van der Waals surface area contributed by atoms with Gasteiger partial charge in [0.1, 0.15) is 5.76 Å². The lowest BCUT2D eigenvalue weighted by atomic mass is 10.1. The number of hydrogen-bond acceptors (Lipinski definition) is 4. The maximum atomic E-state index is 6.14. The van der Waals surface area contributed by atoms with Crippen LogP contribution in [-0.2, 0) is 13.0 Å². The van der Waals surface area contributed by atoms with E-state index in [1.165, 1.54) is 0 Å². The molecular weight excluding hydrogens is 216 g/mol. The molecule has 17 heavy (non-hydrogen) atoms. The minimum absolute atomic E-state index is 0.0401. The molecule has 2 aromatic heterocycles. The first-order valence-electron chi connectivity index (χ1n) is 5.97. The molecule has 92 valence electrons. The van der Waals surface area contributed by atoms with Crippen LogP contribution in [0.1, 0.15) is 37.3 Å². The van der Waals surface area contributed by atoms with Crippen molar-refractivity contribution >= 4 is 0 Å². The average molecular weight is 234 g/mol. The summed E-state index contributed by atoms with van der Waals surface area (Å²) in [6.45, 7) is 2.98. The van der Waals surface area contributed by atoms with Gasteiger partial charge in [0.15, 0.2) is 0 Å². The van der Waals surface area contributed by atoms with Crippen molar-refractivity contribution in [3.05, 3.63) is 36.0 Å². The monoisotopic (exact) mass is 234 g/mol. The predicted molar refractivity (Wildman–Crippen MR) is 64.3 cm³/mol. The highest BCUT2D eigenvalue weighted by atomic mass is 16.3. The van der Waals surface area contributed by atoms with Crippen LogP contribution in [0.3, 0.4) is 0 Å². The fourth-order valence-electron chi connectivity index (χ4n) is 1.84. The van der Waals surface area contributed by atoms with E-state index >= 15 is 0 Å². The van der Waals surface area contributed by atoms with Crippen molar-refractivity contribution in [2.75, 3.05) is 0 Å². The quantitative estimate of drug-likeness (QED) is 0.829. The summed E-state index contributed by atoms with van der Waals surface area (Å²) in [4.78, 5) is 0. The SMILES string of the molecule is CCCn1nncc1C(N)CCc1ccco1.